The van der Waals surface area contributed by atoms with Gasteiger partial charge in [-0.3, -0.25) is 4.90 Å². The van der Waals surface area contributed by atoms with Crippen molar-refractivity contribution in [3.05, 3.63) is 71.8 Å². The second kappa shape index (κ2) is 7.36. The van der Waals surface area contributed by atoms with Crippen LogP contribution in [0.15, 0.2) is 60.7 Å². The number of hydrogen-bond acceptors (Lipinski definition) is 2. The zero-order valence-corrected chi connectivity index (χ0v) is 13.2. The van der Waals surface area contributed by atoms with Crippen LogP contribution in [0.5, 0.6) is 0 Å². The molecule has 0 spiro atoms. The van der Waals surface area contributed by atoms with Crippen LogP contribution < -0.4 is 0 Å². The number of halogens is 3. The smallest absolute Gasteiger partial charge is 0.372 e. The highest BCUT2D eigenvalue weighted by Gasteiger charge is 2.50. The normalized spacial score (nSPS) is 22.0. The van der Waals surface area contributed by atoms with Crippen molar-refractivity contribution in [1.29, 1.82) is 0 Å². The molecule has 1 saturated heterocycles. The number of likely N-dealkylation sites (tertiary alicyclic amines) is 1. The Bertz CT molecular complexity index is 630. The molecular formula is C19H20F3NO. The molecule has 2 atom stereocenters. The van der Waals surface area contributed by atoms with Crippen LogP contribution in [-0.2, 0) is 17.9 Å². The van der Waals surface area contributed by atoms with Crippen molar-refractivity contribution in [1.82, 2.24) is 4.90 Å². The van der Waals surface area contributed by atoms with E-state index in [0.717, 1.165) is 11.1 Å². The Labute approximate surface area is 139 Å². The predicted molar refractivity (Wildman–Crippen MR) is 86.3 cm³/mol. The van der Waals surface area contributed by atoms with E-state index in [-0.39, 0.29) is 13.2 Å². The van der Waals surface area contributed by atoms with E-state index in [9.17, 15) is 13.2 Å². The van der Waals surface area contributed by atoms with E-state index in [1.807, 2.05) is 65.6 Å². The van der Waals surface area contributed by atoms with Crippen molar-refractivity contribution in [2.75, 3.05) is 13.1 Å². The SMILES string of the molecule is FC(F)(F)[C@@H]1CN(Cc2ccccc2)CC1OCc1ccccc1. The molecule has 0 bridgehead atoms. The minimum atomic E-state index is -4.24. The summed E-state index contributed by atoms with van der Waals surface area (Å²) in [6.45, 7) is 1.000. The van der Waals surface area contributed by atoms with E-state index in [1.165, 1.54) is 0 Å². The summed E-state index contributed by atoms with van der Waals surface area (Å²) in [5.74, 6) is -1.44. The molecule has 1 aliphatic rings. The van der Waals surface area contributed by atoms with Crippen LogP contribution in [0.3, 0.4) is 0 Å². The molecule has 0 amide bonds. The van der Waals surface area contributed by atoms with Crippen LogP contribution in [-0.4, -0.2) is 30.3 Å². The molecule has 2 nitrogen and oxygen atoms in total. The minimum Gasteiger partial charge on any atom is -0.372 e. The van der Waals surface area contributed by atoms with Crippen molar-refractivity contribution in [3.63, 3.8) is 0 Å². The molecule has 5 heteroatoms. The standard InChI is InChI=1S/C19H20F3NO/c20-19(21,22)17-12-23(11-15-7-3-1-4-8-15)13-18(17)24-14-16-9-5-2-6-10-16/h1-10,17-18H,11-14H2/t17-,18?/m1/s1. The van der Waals surface area contributed by atoms with Crippen LogP contribution in [0.25, 0.3) is 0 Å². The Hall–Kier alpha value is -1.85. The molecule has 0 aliphatic carbocycles. The van der Waals surface area contributed by atoms with E-state index in [4.69, 9.17) is 4.74 Å². The van der Waals surface area contributed by atoms with Gasteiger partial charge in [-0.25, -0.2) is 0 Å². The van der Waals surface area contributed by atoms with Gasteiger partial charge in [-0.15, -0.1) is 0 Å². The van der Waals surface area contributed by atoms with Gasteiger partial charge in [-0.05, 0) is 11.1 Å². The Balaban J connectivity index is 1.64. The van der Waals surface area contributed by atoms with Crippen molar-refractivity contribution >= 4 is 0 Å². The lowest BCUT2D eigenvalue weighted by Gasteiger charge is -2.21. The molecule has 24 heavy (non-hydrogen) atoms. The molecule has 1 aliphatic heterocycles. The van der Waals surface area contributed by atoms with Crippen LogP contribution >= 0.6 is 0 Å². The minimum absolute atomic E-state index is 0.0160. The van der Waals surface area contributed by atoms with Gasteiger partial charge < -0.3 is 4.74 Å². The number of hydrogen-bond donors (Lipinski definition) is 0. The van der Waals surface area contributed by atoms with Crippen molar-refractivity contribution in [3.8, 4) is 0 Å². The molecule has 2 aromatic carbocycles. The number of benzene rings is 2. The zero-order valence-electron chi connectivity index (χ0n) is 13.2. The fourth-order valence-electron chi connectivity index (χ4n) is 3.08. The Morgan fingerprint density at radius 3 is 2.04 bits per heavy atom. The van der Waals surface area contributed by atoms with Gasteiger partial charge in [0.05, 0.1) is 18.6 Å². The third-order valence-electron chi connectivity index (χ3n) is 4.32. The van der Waals surface area contributed by atoms with Gasteiger partial charge in [0, 0.05) is 19.6 Å². The average Bonchev–Trinajstić information content (AvgIpc) is 2.98. The van der Waals surface area contributed by atoms with Crippen LogP contribution in [0, 0.1) is 5.92 Å². The Morgan fingerprint density at radius 2 is 1.46 bits per heavy atom. The molecule has 1 unspecified atom stereocenters. The molecule has 3 rings (SSSR count). The monoisotopic (exact) mass is 335 g/mol. The molecule has 1 fully saturated rings. The van der Waals surface area contributed by atoms with E-state index >= 15 is 0 Å². The first-order valence-electron chi connectivity index (χ1n) is 8.01. The van der Waals surface area contributed by atoms with E-state index in [0.29, 0.717) is 13.1 Å². The molecule has 0 aromatic heterocycles. The van der Waals surface area contributed by atoms with Gasteiger partial charge in [0.1, 0.15) is 0 Å². The number of alkyl halides is 3. The molecule has 2 aromatic rings. The maximum atomic E-state index is 13.3. The van der Waals surface area contributed by atoms with E-state index in [2.05, 4.69) is 0 Å². The summed E-state index contributed by atoms with van der Waals surface area (Å²) in [5.41, 5.74) is 1.90. The van der Waals surface area contributed by atoms with Crippen molar-refractivity contribution in [2.45, 2.75) is 25.4 Å². The molecule has 128 valence electrons. The third kappa shape index (κ3) is 4.36. The highest BCUT2D eigenvalue weighted by atomic mass is 19.4. The summed E-state index contributed by atoms with van der Waals surface area (Å²) in [6.07, 6.45) is -5.07. The molecule has 1 heterocycles. The van der Waals surface area contributed by atoms with Crippen LogP contribution in [0.1, 0.15) is 11.1 Å². The summed E-state index contributed by atoms with van der Waals surface area (Å²) < 4.78 is 45.7. The van der Waals surface area contributed by atoms with Crippen molar-refractivity contribution in [2.24, 2.45) is 5.92 Å². The second-order valence-electron chi connectivity index (χ2n) is 6.16. The van der Waals surface area contributed by atoms with Gasteiger partial charge in [0.2, 0.25) is 0 Å². The fourth-order valence-corrected chi connectivity index (χ4v) is 3.08. The van der Waals surface area contributed by atoms with Gasteiger partial charge in [0.15, 0.2) is 0 Å². The summed E-state index contributed by atoms with van der Waals surface area (Å²) in [6, 6.07) is 18.9. The number of rotatable bonds is 5. The highest BCUT2D eigenvalue weighted by molar-refractivity contribution is 5.15. The Kier molecular flexibility index (Phi) is 5.21. The Morgan fingerprint density at radius 1 is 0.875 bits per heavy atom. The summed E-state index contributed by atoms with van der Waals surface area (Å²) in [4.78, 5) is 1.82. The highest BCUT2D eigenvalue weighted by Crippen LogP contribution is 2.36. The summed E-state index contributed by atoms with van der Waals surface area (Å²) in [5, 5.41) is 0. The first-order valence-corrected chi connectivity index (χ1v) is 8.01. The van der Waals surface area contributed by atoms with Gasteiger partial charge in [-0.2, -0.15) is 13.2 Å². The maximum Gasteiger partial charge on any atom is 0.395 e. The lowest BCUT2D eigenvalue weighted by molar-refractivity contribution is -0.196. The van der Waals surface area contributed by atoms with Crippen LogP contribution in [0.2, 0.25) is 0 Å². The molecular weight excluding hydrogens is 315 g/mol. The molecule has 0 N–H and O–H groups in total. The lowest BCUT2D eigenvalue weighted by atomic mass is 10.1. The first-order chi connectivity index (χ1) is 11.5. The second-order valence-corrected chi connectivity index (χ2v) is 6.16. The quantitative estimate of drug-likeness (QED) is 0.809. The third-order valence-corrected chi connectivity index (χ3v) is 4.32. The summed E-state index contributed by atoms with van der Waals surface area (Å²) >= 11 is 0. The van der Waals surface area contributed by atoms with Gasteiger partial charge >= 0.3 is 6.18 Å². The van der Waals surface area contributed by atoms with Crippen molar-refractivity contribution < 1.29 is 17.9 Å². The fraction of sp³-hybridized carbons (Fsp3) is 0.368. The molecule has 0 radical (unpaired) electrons. The summed E-state index contributed by atoms with van der Waals surface area (Å²) in [7, 11) is 0. The first kappa shape index (κ1) is 17.0. The van der Waals surface area contributed by atoms with Gasteiger partial charge in [-0.1, -0.05) is 60.7 Å². The van der Waals surface area contributed by atoms with Gasteiger partial charge in [0.25, 0.3) is 0 Å². The topological polar surface area (TPSA) is 12.5 Å². The largest absolute Gasteiger partial charge is 0.395 e. The van der Waals surface area contributed by atoms with Crippen LogP contribution in [0.4, 0.5) is 13.2 Å². The number of nitrogens with zero attached hydrogens (tertiary/aromatic N) is 1. The zero-order chi connectivity index (χ0) is 17.0. The lowest BCUT2D eigenvalue weighted by Crippen LogP contribution is -2.34. The van der Waals surface area contributed by atoms with E-state index in [1.54, 1.807) is 0 Å². The molecule has 0 saturated carbocycles. The van der Waals surface area contributed by atoms with E-state index < -0.39 is 18.2 Å². The average molecular weight is 335 g/mol. The number of ether oxygens (including phenoxy) is 1. The maximum absolute atomic E-state index is 13.3. The predicted octanol–water partition coefficient (Wildman–Crippen LogP) is 4.27.